The third-order valence-electron chi connectivity index (χ3n) is 6.18. The van der Waals surface area contributed by atoms with E-state index in [1.54, 1.807) is 30.3 Å². The first-order valence-corrected chi connectivity index (χ1v) is 10.5. The lowest BCUT2D eigenvalue weighted by Crippen LogP contribution is -2.41. The SMILES string of the molecule is [2H]c1c([2H])c(Cc2c([2H])c([2H])c(-c3ccccc3)c3c([2H])c([2H])c([2H])c([2H])c23)c([2H])c(B2OC(C)(C)C(C)(C)O2)c1[2H]. The van der Waals surface area contributed by atoms with Crippen molar-refractivity contribution in [3.63, 3.8) is 0 Å². The molecule has 0 spiro atoms. The van der Waals surface area contributed by atoms with E-state index in [9.17, 15) is 0 Å². The molecule has 32 heavy (non-hydrogen) atoms. The third-order valence-corrected chi connectivity index (χ3v) is 6.18. The van der Waals surface area contributed by atoms with Crippen LogP contribution in [0.15, 0.2) is 90.8 Å². The highest BCUT2D eigenvalue weighted by Gasteiger charge is 2.51. The minimum Gasteiger partial charge on any atom is -0.399 e. The van der Waals surface area contributed by atoms with Crippen LogP contribution in [0.3, 0.4) is 0 Å². The zero-order chi connectivity index (χ0) is 31.0. The van der Waals surface area contributed by atoms with Crippen molar-refractivity contribution < 1.29 is 23.0 Å². The summed E-state index contributed by atoms with van der Waals surface area (Å²) < 4.78 is 99.0. The first-order valence-electron chi connectivity index (χ1n) is 15.5. The molecule has 0 N–H and O–H groups in total. The van der Waals surface area contributed by atoms with Crippen molar-refractivity contribution in [2.24, 2.45) is 0 Å². The van der Waals surface area contributed by atoms with Crippen LogP contribution in [0, 0.1) is 0 Å². The van der Waals surface area contributed by atoms with Crippen LogP contribution in [0.1, 0.15) is 52.5 Å². The van der Waals surface area contributed by atoms with Crippen molar-refractivity contribution in [1.29, 1.82) is 0 Å². The van der Waals surface area contributed by atoms with Gasteiger partial charge in [0.25, 0.3) is 0 Å². The largest absolute Gasteiger partial charge is 0.494 e. The second-order valence-electron chi connectivity index (χ2n) is 8.88. The molecule has 1 aliphatic heterocycles. The summed E-state index contributed by atoms with van der Waals surface area (Å²) in [6.45, 7) is 7.27. The van der Waals surface area contributed by atoms with Crippen molar-refractivity contribution in [3.8, 4) is 11.1 Å². The second kappa shape index (κ2) is 7.92. The summed E-state index contributed by atoms with van der Waals surface area (Å²) in [5.41, 5.74) is -0.928. The summed E-state index contributed by atoms with van der Waals surface area (Å²) in [5.74, 6) is 0. The lowest BCUT2D eigenvalue weighted by Gasteiger charge is -2.32. The molecule has 1 aliphatic rings. The Morgan fingerprint density at radius 2 is 1.47 bits per heavy atom. The summed E-state index contributed by atoms with van der Waals surface area (Å²) >= 11 is 0. The summed E-state index contributed by atoms with van der Waals surface area (Å²) in [4.78, 5) is 0. The van der Waals surface area contributed by atoms with Gasteiger partial charge in [0.15, 0.2) is 0 Å². The fourth-order valence-corrected chi connectivity index (χ4v) is 3.69. The maximum absolute atomic E-state index is 9.04. The molecular weight excluding hydrogens is 391 g/mol. The molecular formula is C29H29BO2. The Morgan fingerprint density at radius 1 is 0.781 bits per heavy atom. The van der Waals surface area contributed by atoms with Gasteiger partial charge in [-0.25, -0.2) is 0 Å². The minimum absolute atomic E-state index is 0.0123. The average Bonchev–Trinajstić information content (AvgIpc) is 3.15. The molecule has 0 unspecified atom stereocenters. The Labute approximate surface area is 205 Å². The predicted molar refractivity (Wildman–Crippen MR) is 134 cm³/mol. The quantitative estimate of drug-likeness (QED) is 0.349. The number of benzene rings is 4. The first-order chi connectivity index (χ1) is 19.5. The molecule has 0 radical (unpaired) electrons. The van der Waals surface area contributed by atoms with Crippen molar-refractivity contribution in [2.75, 3.05) is 0 Å². The summed E-state index contributed by atoms with van der Waals surface area (Å²) in [6, 6.07) is 4.76. The van der Waals surface area contributed by atoms with Crippen LogP contribution >= 0.6 is 0 Å². The van der Waals surface area contributed by atoms with E-state index < -0.39 is 48.5 Å². The molecule has 0 atom stereocenters. The molecule has 160 valence electrons. The molecule has 0 bridgehead atoms. The van der Waals surface area contributed by atoms with Gasteiger partial charge < -0.3 is 9.31 Å². The van der Waals surface area contributed by atoms with Gasteiger partial charge in [0.1, 0.15) is 0 Å². The topological polar surface area (TPSA) is 18.5 Å². The van der Waals surface area contributed by atoms with Crippen molar-refractivity contribution >= 4 is 23.4 Å². The molecule has 1 fully saturated rings. The number of rotatable bonds is 4. The van der Waals surface area contributed by atoms with E-state index >= 15 is 0 Å². The average molecular weight is 430 g/mol. The van der Waals surface area contributed by atoms with E-state index in [1.807, 2.05) is 27.7 Å². The lowest BCUT2D eigenvalue weighted by atomic mass is 9.78. The van der Waals surface area contributed by atoms with Gasteiger partial charge in [0.05, 0.1) is 24.9 Å². The highest BCUT2D eigenvalue weighted by atomic mass is 16.7. The van der Waals surface area contributed by atoms with Gasteiger partial charge in [-0.15, -0.1) is 0 Å². The van der Waals surface area contributed by atoms with Crippen molar-refractivity contribution in [3.05, 3.63) is 102 Å². The fraction of sp³-hybridized carbons (Fsp3) is 0.241. The van der Waals surface area contributed by atoms with Gasteiger partial charge in [-0.2, -0.15) is 0 Å². The Balaban J connectivity index is 1.82. The van der Waals surface area contributed by atoms with E-state index in [4.69, 9.17) is 23.0 Å². The van der Waals surface area contributed by atoms with Crippen LogP contribution in [0.2, 0.25) is 0 Å². The minimum atomic E-state index is -1.16. The van der Waals surface area contributed by atoms with E-state index in [0.717, 1.165) is 0 Å². The fourth-order valence-electron chi connectivity index (χ4n) is 3.69. The Bertz CT molecular complexity index is 1760. The highest BCUT2D eigenvalue weighted by molar-refractivity contribution is 6.62. The summed E-state index contributed by atoms with van der Waals surface area (Å²) in [5, 5.41) is 0.0777. The molecule has 0 aliphatic carbocycles. The smallest absolute Gasteiger partial charge is 0.399 e. The Hall–Kier alpha value is -2.88. The molecule has 3 heteroatoms. The van der Waals surface area contributed by atoms with Gasteiger partial charge in [0, 0.05) is 0 Å². The molecule has 0 aromatic heterocycles. The molecule has 5 rings (SSSR count). The highest BCUT2D eigenvalue weighted by Crippen LogP contribution is 2.36. The molecule has 0 amide bonds. The predicted octanol–water partition coefficient (Wildman–Crippen LogP) is 6.40. The monoisotopic (exact) mass is 430 g/mol. The van der Waals surface area contributed by atoms with Crippen LogP contribution in [-0.4, -0.2) is 18.3 Å². The maximum Gasteiger partial charge on any atom is 0.494 e. The van der Waals surface area contributed by atoms with Gasteiger partial charge >= 0.3 is 7.12 Å². The number of hydrogen-bond donors (Lipinski definition) is 0. The van der Waals surface area contributed by atoms with Gasteiger partial charge in [-0.3, -0.25) is 0 Å². The van der Waals surface area contributed by atoms with Crippen LogP contribution in [0.5, 0.6) is 0 Å². The standard InChI is InChI=1S/C29H29BO2/c1-28(2)29(3,4)32-30(31-28)24-14-10-11-21(20-24)19-23-17-18-26(22-12-6-5-7-13-22)27-16-9-8-15-25(23)27/h5-18,20H,19H2,1-4H3/i8D,9D,10D,11D,14D,15D,16D,17D,18D,20D. The van der Waals surface area contributed by atoms with E-state index in [-0.39, 0.29) is 69.6 Å². The lowest BCUT2D eigenvalue weighted by molar-refractivity contribution is 0.00578. The second-order valence-corrected chi connectivity index (χ2v) is 8.88. The molecule has 4 aromatic rings. The summed E-state index contributed by atoms with van der Waals surface area (Å²) in [6.07, 6.45) is -0.352. The molecule has 1 saturated heterocycles. The zero-order valence-corrected chi connectivity index (χ0v) is 18.5. The van der Waals surface area contributed by atoms with Crippen molar-refractivity contribution in [1.82, 2.24) is 0 Å². The maximum atomic E-state index is 9.04. The van der Waals surface area contributed by atoms with E-state index in [1.165, 1.54) is 0 Å². The molecule has 4 aromatic carbocycles. The van der Waals surface area contributed by atoms with Gasteiger partial charge in [-0.1, -0.05) is 90.8 Å². The van der Waals surface area contributed by atoms with E-state index in [2.05, 4.69) is 0 Å². The van der Waals surface area contributed by atoms with Crippen LogP contribution < -0.4 is 5.46 Å². The number of fused-ring (bicyclic) bond motifs is 1. The van der Waals surface area contributed by atoms with Crippen molar-refractivity contribution in [2.45, 2.75) is 45.3 Å². The molecule has 0 saturated carbocycles. The zero-order valence-electron chi connectivity index (χ0n) is 28.5. The van der Waals surface area contributed by atoms with Crippen LogP contribution in [0.25, 0.3) is 21.9 Å². The molecule has 1 heterocycles. The Morgan fingerprint density at radius 3 is 2.19 bits per heavy atom. The van der Waals surface area contributed by atoms with Gasteiger partial charge in [-0.05, 0) is 72.6 Å². The number of hydrogen-bond acceptors (Lipinski definition) is 2. The van der Waals surface area contributed by atoms with Crippen LogP contribution in [-0.2, 0) is 15.7 Å². The van der Waals surface area contributed by atoms with Crippen LogP contribution in [0.4, 0.5) is 0 Å². The molecule has 2 nitrogen and oxygen atoms in total. The third kappa shape index (κ3) is 3.76. The first kappa shape index (κ1) is 12.4. The Kier molecular flexibility index (Phi) is 3.06. The summed E-state index contributed by atoms with van der Waals surface area (Å²) in [7, 11) is -1.16. The van der Waals surface area contributed by atoms with E-state index in [0.29, 0.717) is 5.56 Å². The van der Waals surface area contributed by atoms with Gasteiger partial charge in [0.2, 0.25) is 0 Å². The normalized spacial score (nSPS) is 21.4.